The summed E-state index contributed by atoms with van der Waals surface area (Å²) < 4.78 is 0. The van der Waals surface area contributed by atoms with Gasteiger partial charge < -0.3 is 10.2 Å². The lowest BCUT2D eigenvalue weighted by Gasteiger charge is -2.26. The zero-order chi connectivity index (χ0) is 15.9. The summed E-state index contributed by atoms with van der Waals surface area (Å²) in [6, 6.07) is 0. The molecule has 2 aromatic rings. The Morgan fingerprint density at radius 1 is 1.23 bits per heavy atom. The number of aryl methyl sites for hydroxylation is 3. The molecule has 5 heteroatoms. The molecular formula is C17H27N4S+. The SMILES string of the molecule is Cc1nc(NCC(C)(C)C[NH+](C)C)c2c3c(sc2n1)CCC3. The highest BCUT2D eigenvalue weighted by Crippen LogP contribution is 2.39. The Bertz CT molecular complexity index is 688. The van der Waals surface area contributed by atoms with Gasteiger partial charge in [-0.1, -0.05) is 13.8 Å². The second-order valence-corrected chi connectivity index (χ2v) is 8.64. The predicted octanol–water partition coefficient (Wildman–Crippen LogP) is 2.07. The molecule has 0 saturated heterocycles. The molecule has 2 heterocycles. The summed E-state index contributed by atoms with van der Waals surface area (Å²) in [6.07, 6.45) is 3.67. The lowest BCUT2D eigenvalue weighted by Crippen LogP contribution is -3.07. The standard InChI is InChI=1S/C17H26N4S/c1-11-19-15(18-9-17(2,3)10-21(4)5)14-12-7-6-8-13(12)22-16(14)20-11/h6-10H2,1-5H3,(H,18,19,20)/p+1. The van der Waals surface area contributed by atoms with Crippen LogP contribution in [0.25, 0.3) is 10.2 Å². The maximum absolute atomic E-state index is 4.71. The van der Waals surface area contributed by atoms with E-state index in [0.717, 1.165) is 29.6 Å². The van der Waals surface area contributed by atoms with Crippen molar-refractivity contribution in [3.05, 3.63) is 16.3 Å². The van der Waals surface area contributed by atoms with Crippen LogP contribution in [-0.4, -0.2) is 37.2 Å². The number of aromatic nitrogens is 2. The third kappa shape index (κ3) is 3.10. The molecule has 0 fully saturated rings. The zero-order valence-electron chi connectivity index (χ0n) is 14.3. The van der Waals surface area contributed by atoms with Crippen LogP contribution in [0.5, 0.6) is 0 Å². The summed E-state index contributed by atoms with van der Waals surface area (Å²) in [5.74, 6) is 1.91. The Morgan fingerprint density at radius 2 is 2.00 bits per heavy atom. The molecule has 3 rings (SSSR count). The van der Waals surface area contributed by atoms with Gasteiger partial charge in [-0.25, -0.2) is 9.97 Å². The van der Waals surface area contributed by atoms with Crippen LogP contribution in [0.15, 0.2) is 0 Å². The van der Waals surface area contributed by atoms with Crippen molar-refractivity contribution in [2.75, 3.05) is 32.5 Å². The molecule has 0 aromatic carbocycles. The van der Waals surface area contributed by atoms with E-state index in [0.29, 0.717) is 0 Å². The summed E-state index contributed by atoms with van der Waals surface area (Å²) in [6.45, 7) is 8.69. The summed E-state index contributed by atoms with van der Waals surface area (Å²) >= 11 is 1.86. The second-order valence-electron chi connectivity index (χ2n) is 7.56. The van der Waals surface area contributed by atoms with Crippen molar-refractivity contribution in [2.45, 2.75) is 40.0 Å². The van der Waals surface area contributed by atoms with E-state index in [1.54, 1.807) is 0 Å². The molecule has 1 aliphatic carbocycles. The molecule has 2 N–H and O–H groups in total. The molecule has 0 bridgehead atoms. The van der Waals surface area contributed by atoms with E-state index in [2.05, 4.69) is 38.2 Å². The van der Waals surface area contributed by atoms with Crippen LogP contribution in [0, 0.1) is 12.3 Å². The fourth-order valence-corrected chi connectivity index (χ4v) is 4.88. The van der Waals surface area contributed by atoms with E-state index in [1.807, 2.05) is 18.3 Å². The number of rotatable bonds is 5. The van der Waals surface area contributed by atoms with Gasteiger partial charge in [-0.05, 0) is 31.7 Å². The Kier molecular flexibility index (Phi) is 4.12. The number of fused-ring (bicyclic) bond motifs is 3. The van der Waals surface area contributed by atoms with Crippen molar-refractivity contribution >= 4 is 27.4 Å². The van der Waals surface area contributed by atoms with Crippen molar-refractivity contribution < 1.29 is 4.90 Å². The van der Waals surface area contributed by atoms with Crippen molar-refractivity contribution in [1.29, 1.82) is 0 Å². The van der Waals surface area contributed by atoms with Gasteiger partial charge in [-0.3, -0.25) is 0 Å². The predicted molar refractivity (Wildman–Crippen MR) is 94.1 cm³/mol. The first-order chi connectivity index (χ1) is 10.4. The number of hydrogen-bond donors (Lipinski definition) is 2. The average molecular weight is 319 g/mol. The van der Waals surface area contributed by atoms with Gasteiger partial charge in [0.05, 0.1) is 26.0 Å². The summed E-state index contributed by atoms with van der Waals surface area (Å²) in [5, 5.41) is 4.92. The molecule has 4 nitrogen and oxygen atoms in total. The van der Waals surface area contributed by atoms with Crippen LogP contribution < -0.4 is 10.2 Å². The van der Waals surface area contributed by atoms with Gasteiger partial charge in [0.1, 0.15) is 16.5 Å². The topological polar surface area (TPSA) is 42.2 Å². The lowest BCUT2D eigenvalue weighted by molar-refractivity contribution is -0.865. The molecule has 0 spiro atoms. The molecule has 0 amide bonds. The van der Waals surface area contributed by atoms with Crippen LogP contribution in [0.3, 0.4) is 0 Å². The molecule has 2 aromatic heterocycles. The molecular weight excluding hydrogens is 292 g/mol. The molecule has 1 aliphatic rings. The molecule has 22 heavy (non-hydrogen) atoms. The molecule has 0 saturated carbocycles. The van der Waals surface area contributed by atoms with Gasteiger partial charge in [-0.15, -0.1) is 11.3 Å². The quantitative estimate of drug-likeness (QED) is 0.886. The normalized spacial score (nSPS) is 14.8. The summed E-state index contributed by atoms with van der Waals surface area (Å²) in [5.41, 5.74) is 1.74. The molecule has 0 atom stereocenters. The Hall–Kier alpha value is -1.20. The number of nitrogens with one attached hydrogen (secondary N) is 2. The minimum atomic E-state index is 0.239. The first-order valence-electron chi connectivity index (χ1n) is 8.17. The van der Waals surface area contributed by atoms with Gasteiger partial charge in [0.15, 0.2) is 0 Å². The molecule has 0 aliphatic heterocycles. The highest BCUT2D eigenvalue weighted by Gasteiger charge is 2.25. The van der Waals surface area contributed by atoms with Crippen LogP contribution in [0.1, 0.15) is 36.5 Å². The minimum absolute atomic E-state index is 0.239. The maximum atomic E-state index is 4.71. The first-order valence-corrected chi connectivity index (χ1v) is 8.99. The fourth-order valence-electron chi connectivity index (χ4n) is 3.57. The van der Waals surface area contributed by atoms with E-state index in [9.17, 15) is 0 Å². The number of hydrogen-bond acceptors (Lipinski definition) is 4. The average Bonchev–Trinajstić information content (AvgIpc) is 2.94. The monoisotopic (exact) mass is 319 g/mol. The summed E-state index contributed by atoms with van der Waals surface area (Å²) in [7, 11) is 4.42. The van der Waals surface area contributed by atoms with Gasteiger partial charge >= 0.3 is 0 Å². The smallest absolute Gasteiger partial charge is 0.138 e. The number of nitrogens with zero attached hydrogens (tertiary/aromatic N) is 2. The van der Waals surface area contributed by atoms with Crippen molar-refractivity contribution in [1.82, 2.24) is 9.97 Å². The van der Waals surface area contributed by atoms with Crippen LogP contribution >= 0.6 is 11.3 Å². The highest BCUT2D eigenvalue weighted by molar-refractivity contribution is 7.19. The van der Waals surface area contributed by atoms with Gasteiger partial charge in [-0.2, -0.15) is 0 Å². The van der Waals surface area contributed by atoms with E-state index < -0.39 is 0 Å². The van der Waals surface area contributed by atoms with Gasteiger partial charge in [0.2, 0.25) is 0 Å². The third-order valence-electron chi connectivity index (χ3n) is 4.24. The van der Waals surface area contributed by atoms with Crippen molar-refractivity contribution in [2.24, 2.45) is 5.41 Å². The van der Waals surface area contributed by atoms with E-state index in [1.165, 1.54) is 40.0 Å². The van der Waals surface area contributed by atoms with Gasteiger partial charge in [0, 0.05) is 16.8 Å². The highest BCUT2D eigenvalue weighted by atomic mass is 32.1. The second kappa shape index (κ2) is 5.78. The van der Waals surface area contributed by atoms with E-state index in [4.69, 9.17) is 4.98 Å². The van der Waals surface area contributed by atoms with Crippen LogP contribution in [0.4, 0.5) is 5.82 Å². The Balaban J connectivity index is 1.90. The Labute approximate surface area is 137 Å². The minimum Gasteiger partial charge on any atom is -0.369 e. The molecule has 0 radical (unpaired) electrons. The van der Waals surface area contributed by atoms with Crippen LogP contribution in [-0.2, 0) is 12.8 Å². The van der Waals surface area contributed by atoms with Gasteiger partial charge in [0.25, 0.3) is 0 Å². The number of anilines is 1. The molecule has 120 valence electrons. The van der Waals surface area contributed by atoms with Crippen molar-refractivity contribution in [3.63, 3.8) is 0 Å². The third-order valence-corrected chi connectivity index (χ3v) is 5.43. The number of thiophene rings is 1. The number of quaternary nitrogens is 1. The lowest BCUT2D eigenvalue weighted by atomic mass is 9.93. The maximum Gasteiger partial charge on any atom is 0.138 e. The van der Waals surface area contributed by atoms with Crippen molar-refractivity contribution in [3.8, 4) is 0 Å². The zero-order valence-corrected chi connectivity index (χ0v) is 15.2. The van der Waals surface area contributed by atoms with E-state index in [-0.39, 0.29) is 5.41 Å². The first kappa shape index (κ1) is 15.7. The summed E-state index contributed by atoms with van der Waals surface area (Å²) in [4.78, 5) is 13.5. The Morgan fingerprint density at radius 3 is 2.73 bits per heavy atom. The van der Waals surface area contributed by atoms with E-state index >= 15 is 0 Å². The largest absolute Gasteiger partial charge is 0.369 e. The molecule has 0 unspecified atom stereocenters. The fraction of sp³-hybridized carbons (Fsp3) is 0.647. The van der Waals surface area contributed by atoms with Crippen LogP contribution in [0.2, 0.25) is 0 Å².